The summed E-state index contributed by atoms with van der Waals surface area (Å²) in [4.78, 5) is 30.8. The second-order valence-electron chi connectivity index (χ2n) is 12.4. The average Bonchev–Trinajstić information content (AvgIpc) is 3.71. The van der Waals surface area contributed by atoms with Gasteiger partial charge in [0.2, 0.25) is 12.5 Å². The summed E-state index contributed by atoms with van der Waals surface area (Å²) < 4.78 is 31.3. The van der Waals surface area contributed by atoms with Crippen LogP contribution in [0.3, 0.4) is 0 Å². The number of likely N-dealkylation sites (tertiary alicyclic amines) is 1. The number of ether oxygens (including phenoxy) is 3. The number of aliphatic carboxylic acids is 1. The third-order valence-corrected chi connectivity index (χ3v) is 9.77. The number of hydrogen-bond donors (Lipinski definition) is 1. The van der Waals surface area contributed by atoms with E-state index in [0.29, 0.717) is 31.7 Å². The first-order valence-electron chi connectivity index (χ1n) is 16.5. The minimum absolute atomic E-state index is 0.0479. The first kappa shape index (κ1) is 32.0. The van der Waals surface area contributed by atoms with E-state index < -0.39 is 29.7 Å². The standard InChI is InChI=1S/C37H43FN2O6/c1-3-24-7-5-8-25(4-2)30(24)10-6-9-29(41)21-40-22-31(27-19-32(38)36-33(20-27)45-23-46-36)34(37(42)43)35(40)26-11-13-28(14-12-26)39-15-17-44-18-16-39/h5,7-8,11-14,19-20,31,34-35H,3-4,6,9-10,15-18,21-23H2,1-2H3,(H,42,43)/t31-,34-,35+/m1/s1. The van der Waals surface area contributed by atoms with E-state index in [1.54, 1.807) is 6.07 Å². The normalized spacial score (nSPS) is 21.1. The Morgan fingerprint density at radius 2 is 1.67 bits per heavy atom. The van der Waals surface area contributed by atoms with Gasteiger partial charge in [-0.05, 0) is 77.8 Å². The summed E-state index contributed by atoms with van der Waals surface area (Å²) in [5.74, 6) is -2.61. The number of carbonyl (C=O) groups excluding carboxylic acids is 1. The lowest BCUT2D eigenvalue weighted by atomic mass is 9.82. The Morgan fingerprint density at radius 3 is 2.35 bits per heavy atom. The van der Waals surface area contributed by atoms with Gasteiger partial charge in [-0.15, -0.1) is 0 Å². The van der Waals surface area contributed by atoms with Crippen LogP contribution in [0.5, 0.6) is 11.5 Å². The van der Waals surface area contributed by atoms with Crippen LogP contribution in [-0.4, -0.2) is 67.9 Å². The van der Waals surface area contributed by atoms with Crippen molar-refractivity contribution in [1.82, 2.24) is 4.90 Å². The molecule has 0 spiro atoms. The summed E-state index contributed by atoms with van der Waals surface area (Å²) in [6.45, 7) is 7.58. The summed E-state index contributed by atoms with van der Waals surface area (Å²) in [5, 5.41) is 10.6. The number of aryl methyl sites for hydroxylation is 2. The van der Waals surface area contributed by atoms with Gasteiger partial charge in [-0.3, -0.25) is 14.5 Å². The van der Waals surface area contributed by atoms with Gasteiger partial charge < -0.3 is 24.2 Å². The molecular weight excluding hydrogens is 587 g/mol. The molecule has 1 N–H and O–H groups in total. The lowest BCUT2D eigenvalue weighted by Gasteiger charge is -2.30. The highest BCUT2D eigenvalue weighted by Gasteiger charge is 2.48. The van der Waals surface area contributed by atoms with Crippen LogP contribution in [0.2, 0.25) is 0 Å². The lowest BCUT2D eigenvalue weighted by molar-refractivity contribution is -0.143. The molecule has 3 aromatic rings. The van der Waals surface area contributed by atoms with Gasteiger partial charge in [0.15, 0.2) is 11.6 Å². The second-order valence-corrected chi connectivity index (χ2v) is 12.4. The maximum absolute atomic E-state index is 15.0. The SMILES string of the molecule is CCc1cccc(CC)c1CCCC(=O)CN1C[C@H](c2cc(F)c3c(c2)OCO3)[C@@H](C(=O)O)[C@@H]1c1ccc(N2CCOCC2)cc1. The maximum atomic E-state index is 15.0. The van der Waals surface area contributed by atoms with Crippen molar-refractivity contribution in [3.8, 4) is 11.5 Å². The van der Waals surface area contributed by atoms with Crippen molar-refractivity contribution in [3.63, 3.8) is 0 Å². The molecule has 0 aromatic heterocycles. The van der Waals surface area contributed by atoms with Crippen molar-refractivity contribution in [1.29, 1.82) is 0 Å². The van der Waals surface area contributed by atoms with Crippen molar-refractivity contribution in [2.24, 2.45) is 5.92 Å². The highest BCUT2D eigenvalue weighted by atomic mass is 19.1. The van der Waals surface area contributed by atoms with Gasteiger partial charge in [-0.2, -0.15) is 0 Å². The zero-order chi connectivity index (χ0) is 32.2. The molecule has 46 heavy (non-hydrogen) atoms. The van der Waals surface area contributed by atoms with Crippen molar-refractivity contribution in [2.75, 3.05) is 51.1 Å². The number of hydrogen-bond acceptors (Lipinski definition) is 7. The molecule has 244 valence electrons. The summed E-state index contributed by atoms with van der Waals surface area (Å²) >= 11 is 0. The molecule has 3 atom stereocenters. The smallest absolute Gasteiger partial charge is 0.309 e. The van der Waals surface area contributed by atoms with Crippen LogP contribution < -0.4 is 14.4 Å². The topological polar surface area (TPSA) is 88.5 Å². The number of Topliss-reactive ketones (excluding diaryl/α,β-unsaturated/α-hetero) is 1. The number of anilines is 1. The zero-order valence-electron chi connectivity index (χ0n) is 26.7. The quantitative estimate of drug-likeness (QED) is 0.263. The number of benzene rings is 3. The van der Waals surface area contributed by atoms with Crippen LogP contribution in [0.4, 0.5) is 10.1 Å². The lowest BCUT2D eigenvalue weighted by Crippen LogP contribution is -2.36. The van der Waals surface area contributed by atoms with E-state index in [0.717, 1.165) is 50.0 Å². The van der Waals surface area contributed by atoms with E-state index in [2.05, 4.69) is 36.9 Å². The Bertz CT molecular complexity index is 1530. The number of carbonyl (C=O) groups is 2. The number of halogens is 1. The molecule has 0 aliphatic carbocycles. The Hall–Kier alpha value is -3.95. The molecule has 3 aliphatic heterocycles. The summed E-state index contributed by atoms with van der Waals surface area (Å²) in [7, 11) is 0. The predicted octanol–water partition coefficient (Wildman–Crippen LogP) is 5.95. The third kappa shape index (κ3) is 6.62. The second kappa shape index (κ2) is 14.2. The van der Waals surface area contributed by atoms with Crippen LogP contribution in [0.1, 0.15) is 66.5 Å². The molecule has 3 heterocycles. The van der Waals surface area contributed by atoms with Crippen LogP contribution >= 0.6 is 0 Å². The zero-order valence-corrected chi connectivity index (χ0v) is 26.7. The molecular formula is C37H43FN2O6. The minimum Gasteiger partial charge on any atom is -0.481 e. The largest absolute Gasteiger partial charge is 0.481 e. The van der Waals surface area contributed by atoms with Gasteiger partial charge >= 0.3 is 5.97 Å². The highest BCUT2D eigenvalue weighted by molar-refractivity contribution is 5.81. The Kier molecular flexibility index (Phi) is 9.89. The van der Waals surface area contributed by atoms with Gasteiger partial charge in [-0.25, -0.2) is 4.39 Å². The summed E-state index contributed by atoms with van der Waals surface area (Å²) in [6.07, 6.45) is 3.88. The third-order valence-electron chi connectivity index (χ3n) is 9.77. The maximum Gasteiger partial charge on any atom is 0.309 e. The van der Waals surface area contributed by atoms with Crippen LogP contribution in [0.25, 0.3) is 0 Å². The number of rotatable bonds is 12. The number of nitrogens with zero attached hydrogens (tertiary/aromatic N) is 2. The Labute approximate surface area is 270 Å². The van der Waals surface area contributed by atoms with Gasteiger partial charge in [-0.1, -0.05) is 44.2 Å². The molecule has 0 radical (unpaired) electrons. The van der Waals surface area contributed by atoms with Crippen molar-refractivity contribution in [2.45, 2.75) is 57.9 Å². The van der Waals surface area contributed by atoms with Crippen LogP contribution in [-0.2, 0) is 33.6 Å². The van der Waals surface area contributed by atoms with Gasteiger partial charge in [0, 0.05) is 43.7 Å². The molecule has 2 saturated heterocycles. The molecule has 2 fully saturated rings. The molecule has 0 amide bonds. The predicted molar refractivity (Wildman–Crippen MR) is 173 cm³/mol. The Balaban J connectivity index is 1.25. The number of ketones is 1. The van der Waals surface area contributed by atoms with Gasteiger partial charge in [0.1, 0.15) is 5.78 Å². The number of fused-ring (bicyclic) bond motifs is 1. The first-order valence-corrected chi connectivity index (χ1v) is 16.5. The molecule has 8 nitrogen and oxygen atoms in total. The first-order chi connectivity index (χ1) is 22.4. The van der Waals surface area contributed by atoms with Crippen LogP contribution in [0.15, 0.2) is 54.6 Å². The number of morpholine rings is 1. The molecule has 0 bridgehead atoms. The fourth-order valence-electron chi connectivity index (χ4n) is 7.47. The monoisotopic (exact) mass is 630 g/mol. The molecule has 0 unspecified atom stereocenters. The average molecular weight is 631 g/mol. The van der Waals surface area contributed by atoms with Crippen molar-refractivity contribution >= 4 is 17.4 Å². The van der Waals surface area contributed by atoms with E-state index in [4.69, 9.17) is 14.2 Å². The van der Waals surface area contributed by atoms with Crippen molar-refractivity contribution < 1.29 is 33.3 Å². The minimum atomic E-state index is -0.983. The highest BCUT2D eigenvalue weighted by Crippen LogP contribution is 2.48. The van der Waals surface area contributed by atoms with Crippen LogP contribution in [0, 0.1) is 11.7 Å². The number of carboxylic acid groups (broad SMARTS) is 1. The molecule has 0 saturated carbocycles. The van der Waals surface area contributed by atoms with E-state index in [9.17, 15) is 14.7 Å². The van der Waals surface area contributed by atoms with E-state index in [1.807, 2.05) is 29.2 Å². The summed E-state index contributed by atoms with van der Waals surface area (Å²) in [5.41, 5.74) is 6.40. The van der Waals surface area contributed by atoms with E-state index >= 15 is 4.39 Å². The van der Waals surface area contributed by atoms with Crippen molar-refractivity contribution in [3.05, 3.63) is 88.2 Å². The van der Waals surface area contributed by atoms with E-state index in [-0.39, 0.29) is 30.6 Å². The molecule has 3 aliphatic rings. The Morgan fingerprint density at radius 1 is 0.957 bits per heavy atom. The summed E-state index contributed by atoms with van der Waals surface area (Å²) in [6, 6.07) is 16.9. The molecule has 6 rings (SSSR count). The molecule has 9 heteroatoms. The molecule has 3 aromatic carbocycles. The van der Waals surface area contributed by atoms with E-state index in [1.165, 1.54) is 22.8 Å². The fraction of sp³-hybridized carbons (Fsp3) is 0.459. The van der Waals surface area contributed by atoms with Gasteiger partial charge in [0.25, 0.3) is 0 Å². The number of carboxylic acids is 1. The van der Waals surface area contributed by atoms with Gasteiger partial charge in [0.05, 0.1) is 25.7 Å². The fourth-order valence-corrected chi connectivity index (χ4v) is 7.47.